The molecule has 0 heterocycles. The largest absolute Gasteiger partial charge is 0.393 e. The Bertz CT molecular complexity index is 504. The van der Waals surface area contributed by atoms with Gasteiger partial charge < -0.3 is 10.2 Å². The van der Waals surface area contributed by atoms with Crippen molar-refractivity contribution in [1.29, 1.82) is 0 Å². The summed E-state index contributed by atoms with van der Waals surface area (Å²) in [4.78, 5) is 0. The summed E-state index contributed by atoms with van der Waals surface area (Å²) in [7, 11) is 0. The van der Waals surface area contributed by atoms with Gasteiger partial charge in [-0.1, -0.05) is 34.1 Å². The van der Waals surface area contributed by atoms with Crippen molar-refractivity contribution in [2.24, 2.45) is 46.3 Å². The van der Waals surface area contributed by atoms with Crippen molar-refractivity contribution in [3.05, 3.63) is 0 Å². The maximum absolute atomic E-state index is 11.4. The minimum atomic E-state index is -0.123. The minimum Gasteiger partial charge on any atom is -0.393 e. The molecular weight excluding hydrogens is 308 g/mol. The molecule has 0 amide bonds. The highest BCUT2D eigenvalue weighted by atomic mass is 16.3. The summed E-state index contributed by atoms with van der Waals surface area (Å²) in [5.41, 5.74) is 0.507. The van der Waals surface area contributed by atoms with E-state index in [2.05, 4.69) is 27.7 Å². The van der Waals surface area contributed by atoms with Crippen LogP contribution >= 0.6 is 0 Å². The van der Waals surface area contributed by atoms with Crippen LogP contribution in [0.25, 0.3) is 0 Å². The predicted octanol–water partition coefficient (Wildman–Crippen LogP) is 5.02. The van der Waals surface area contributed by atoms with E-state index < -0.39 is 0 Å². The molecule has 4 rings (SSSR count). The van der Waals surface area contributed by atoms with Gasteiger partial charge in [-0.3, -0.25) is 0 Å². The van der Waals surface area contributed by atoms with E-state index in [0.29, 0.717) is 23.2 Å². The molecule has 0 radical (unpaired) electrons. The predicted molar refractivity (Wildman–Crippen MR) is 102 cm³/mol. The van der Waals surface area contributed by atoms with Gasteiger partial charge in [0.25, 0.3) is 0 Å². The summed E-state index contributed by atoms with van der Waals surface area (Å²) in [6.45, 7) is 9.69. The highest BCUT2D eigenvalue weighted by molar-refractivity contribution is 5.12. The van der Waals surface area contributed by atoms with Gasteiger partial charge in [0.05, 0.1) is 12.2 Å². The Hall–Kier alpha value is -0.0800. The molecule has 0 aliphatic heterocycles. The van der Waals surface area contributed by atoms with E-state index in [4.69, 9.17) is 0 Å². The van der Waals surface area contributed by atoms with Crippen molar-refractivity contribution in [2.45, 2.75) is 97.7 Å². The molecular formula is C23H40O2. The van der Waals surface area contributed by atoms with E-state index in [1.54, 1.807) is 0 Å². The lowest BCUT2D eigenvalue weighted by molar-refractivity contribution is -0.174. The van der Waals surface area contributed by atoms with Crippen molar-refractivity contribution in [2.75, 3.05) is 0 Å². The molecule has 0 aromatic rings. The lowest BCUT2D eigenvalue weighted by Gasteiger charge is -2.62. The van der Waals surface area contributed by atoms with Gasteiger partial charge in [0.1, 0.15) is 0 Å². The number of hydrogen-bond donors (Lipinski definition) is 2. The summed E-state index contributed by atoms with van der Waals surface area (Å²) in [5, 5.41) is 21.6. The van der Waals surface area contributed by atoms with Crippen LogP contribution in [0.3, 0.4) is 0 Å². The Morgan fingerprint density at radius 2 is 1.72 bits per heavy atom. The molecule has 10 atom stereocenters. The smallest absolute Gasteiger partial charge is 0.0602 e. The van der Waals surface area contributed by atoms with Gasteiger partial charge in [-0.15, -0.1) is 0 Å². The fourth-order valence-electron chi connectivity index (χ4n) is 8.44. The van der Waals surface area contributed by atoms with Crippen molar-refractivity contribution >= 4 is 0 Å². The topological polar surface area (TPSA) is 40.5 Å². The summed E-state index contributed by atoms with van der Waals surface area (Å²) in [5.74, 6) is 4.35. The average molecular weight is 349 g/mol. The molecule has 2 heteroatoms. The number of hydrogen-bond acceptors (Lipinski definition) is 2. The molecule has 4 saturated carbocycles. The first-order valence-electron chi connectivity index (χ1n) is 11.2. The number of aliphatic hydroxyl groups excluding tert-OH is 2. The van der Waals surface area contributed by atoms with Gasteiger partial charge in [-0.25, -0.2) is 0 Å². The second-order valence-electron chi connectivity index (χ2n) is 10.8. The second-order valence-corrected chi connectivity index (χ2v) is 10.8. The van der Waals surface area contributed by atoms with Crippen molar-refractivity contribution in [1.82, 2.24) is 0 Å². The normalized spacial score (nSPS) is 56.6. The van der Waals surface area contributed by atoms with E-state index in [1.807, 2.05) is 0 Å². The first kappa shape index (κ1) is 18.3. The lowest BCUT2D eigenvalue weighted by atomic mass is 9.43. The Morgan fingerprint density at radius 3 is 2.44 bits per heavy atom. The van der Waals surface area contributed by atoms with Crippen LogP contribution in [-0.2, 0) is 0 Å². The third-order valence-electron chi connectivity index (χ3n) is 10.1. The Kier molecular flexibility index (Phi) is 4.56. The average Bonchev–Trinajstić information content (AvgIpc) is 2.95. The molecule has 2 nitrogen and oxygen atoms in total. The SMILES string of the molecule is CC[C@@H](C)[C@H]1CC[C@H]2[C@@H]3CCC4CC(O)CC[C@]4(C)[C@H]3CC(O)[C@]12C. The summed E-state index contributed by atoms with van der Waals surface area (Å²) >= 11 is 0. The highest BCUT2D eigenvalue weighted by Gasteiger charge is 2.63. The van der Waals surface area contributed by atoms with Crippen LogP contribution in [0.2, 0.25) is 0 Å². The molecule has 0 bridgehead atoms. The van der Waals surface area contributed by atoms with Crippen LogP contribution in [0.15, 0.2) is 0 Å². The Balaban J connectivity index is 1.64. The maximum atomic E-state index is 11.4. The third kappa shape index (κ3) is 2.49. The van der Waals surface area contributed by atoms with Crippen molar-refractivity contribution in [3.63, 3.8) is 0 Å². The maximum Gasteiger partial charge on any atom is 0.0602 e. The van der Waals surface area contributed by atoms with Gasteiger partial charge >= 0.3 is 0 Å². The summed E-state index contributed by atoms with van der Waals surface area (Å²) < 4.78 is 0. The van der Waals surface area contributed by atoms with Crippen LogP contribution in [0.5, 0.6) is 0 Å². The number of aliphatic hydroxyl groups is 2. The Morgan fingerprint density at radius 1 is 0.960 bits per heavy atom. The van der Waals surface area contributed by atoms with E-state index in [9.17, 15) is 10.2 Å². The van der Waals surface area contributed by atoms with E-state index >= 15 is 0 Å². The molecule has 4 aliphatic carbocycles. The molecule has 0 spiro atoms. The summed E-state index contributed by atoms with van der Waals surface area (Å²) in [6, 6.07) is 0. The zero-order valence-corrected chi connectivity index (χ0v) is 16.9. The molecule has 4 fully saturated rings. The van der Waals surface area contributed by atoms with E-state index in [0.717, 1.165) is 37.0 Å². The quantitative estimate of drug-likeness (QED) is 0.735. The van der Waals surface area contributed by atoms with Gasteiger partial charge in [-0.2, -0.15) is 0 Å². The van der Waals surface area contributed by atoms with Gasteiger partial charge in [0, 0.05) is 0 Å². The number of rotatable bonds is 2. The molecule has 25 heavy (non-hydrogen) atoms. The molecule has 144 valence electrons. The van der Waals surface area contributed by atoms with Crippen LogP contribution < -0.4 is 0 Å². The summed E-state index contributed by atoms with van der Waals surface area (Å²) in [6.07, 6.45) is 10.5. The monoisotopic (exact) mass is 348 g/mol. The van der Waals surface area contributed by atoms with Crippen LogP contribution in [0.1, 0.15) is 85.5 Å². The first-order valence-corrected chi connectivity index (χ1v) is 11.2. The standard InChI is InChI=1S/C23H40O2/c1-5-14(2)18-8-9-19-17-7-6-15-12-16(24)10-11-22(15,3)20(17)13-21(25)23(18,19)4/h14-21,24-25H,5-13H2,1-4H3/t14-,15?,16?,17+,18-,19+,20+,21?,22+,23-/m1/s1. The molecule has 2 N–H and O–H groups in total. The molecule has 0 aromatic carbocycles. The van der Waals surface area contributed by atoms with Gasteiger partial charge in [0.15, 0.2) is 0 Å². The van der Waals surface area contributed by atoms with E-state index in [1.165, 1.54) is 38.5 Å². The van der Waals surface area contributed by atoms with Crippen LogP contribution in [0, 0.1) is 46.3 Å². The van der Waals surface area contributed by atoms with E-state index in [-0.39, 0.29) is 17.6 Å². The lowest BCUT2D eigenvalue weighted by Crippen LogP contribution is -2.58. The number of fused-ring (bicyclic) bond motifs is 5. The highest BCUT2D eigenvalue weighted by Crippen LogP contribution is 2.68. The Labute approximate surface area is 154 Å². The third-order valence-corrected chi connectivity index (χ3v) is 10.1. The van der Waals surface area contributed by atoms with Crippen LogP contribution in [-0.4, -0.2) is 22.4 Å². The second kappa shape index (κ2) is 6.23. The van der Waals surface area contributed by atoms with Gasteiger partial charge in [0.2, 0.25) is 0 Å². The van der Waals surface area contributed by atoms with Crippen LogP contribution in [0.4, 0.5) is 0 Å². The molecule has 4 aliphatic rings. The van der Waals surface area contributed by atoms with Crippen molar-refractivity contribution < 1.29 is 10.2 Å². The fourth-order valence-corrected chi connectivity index (χ4v) is 8.44. The zero-order valence-electron chi connectivity index (χ0n) is 16.9. The molecule has 0 aromatic heterocycles. The molecule has 3 unspecified atom stereocenters. The minimum absolute atomic E-state index is 0.0744. The zero-order chi connectivity index (χ0) is 18.0. The molecule has 0 saturated heterocycles. The fraction of sp³-hybridized carbons (Fsp3) is 1.00. The first-order chi connectivity index (χ1) is 11.8. The van der Waals surface area contributed by atoms with Gasteiger partial charge in [-0.05, 0) is 97.7 Å². The van der Waals surface area contributed by atoms with Crippen molar-refractivity contribution in [3.8, 4) is 0 Å².